The Kier molecular flexibility index (Phi) is 4.63. The quantitative estimate of drug-likeness (QED) is 0.907. The molecule has 2 aromatic rings. The van der Waals surface area contributed by atoms with Crippen molar-refractivity contribution in [3.8, 4) is 5.75 Å². The highest BCUT2D eigenvalue weighted by molar-refractivity contribution is 5.34. The predicted octanol–water partition coefficient (Wildman–Crippen LogP) is 3.40. The van der Waals surface area contributed by atoms with E-state index in [1.54, 1.807) is 7.05 Å². The van der Waals surface area contributed by atoms with Gasteiger partial charge in [-0.3, -0.25) is 0 Å². The Hall–Kier alpha value is -2.01. The smallest absolute Gasteiger partial charge is 0.132 e. The summed E-state index contributed by atoms with van der Waals surface area (Å²) in [6, 6.07) is 7.64. The summed E-state index contributed by atoms with van der Waals surface area (Å²) in [5, 5.41) is 2.88. The van der Waals surface area contributed by atoms with Crippen molar-refractivity contribution < 1.29 is 17.9 Å². The average molecular weight is 281 g/mol. The molecule has 0 aliphatic heterocycles. The lowest BCUT2D eigenvalue weighted by Gasteiger charge is -2.12. The van der Waals surface area contributed by atoms with Gasteiger partial charge in [0.25, 0.3) is 0 Å². The minimum absolute atomic E-state index is 0.146. The fraction of sp³-hybridized carbons (Fsp3) is 0.200. The lowest BCUT2D eigenvalue weighted by atomic mass is 10.2. The number of hydrogen-bond donors (Lipinski definition) is 1. The van der Waals surface area contributed by atoms with Crippen LogP contribution in [0.5, 0.6) is 5.75 Å². The van der Waals surface area contributed by atoms with Crippen molar-refractivity contribution in [1.82, 2.24) is 5.32 Å². The molecular formula is C15H14F3NO. The van der Waals surface area contributed by atoms with Gasteiger partial charge in [-0.05, 0) is 37.4 Å². The first-order chi connectivity index (χ1) is 9.61. The van der Waals surface area contributed by atoms with Gasteiger partial charge >= 0.3 is 0 Å². The number of nitrogens with one attached hydrogen (secondary N) is 1. The zero-order valence-electron chi connectivity index (χ0n) is 10.9. The molecule has 0 fully saturated rings. The molecule has 0 bridgehead atoms. The molecule has 0 spiro atoms. The first kappa shape index (κ1) is 14.4. The standard InChI is InChI=1S/C15H14F3NO/c1-19-8-10-7-11(16)5-6-15(10)20-9-12-13(17)3-2-4-14(12)18/h2-7,19H,8-9H2,1H3. The monoisotopic (exact) mass is 281 g/mol. The van der Waals surface area contributed by atoms with Crippen molar-refractivity contribution in [1.29, 1.82) is 0 Å². The molecule has 2 nitrogen and oxygen atoms in total. The second-order valence-electron chi connectivity index (χ2n) is 4.27. The van der Waals surface area contributed by atoms with Gasteiger partial charge in [0.1, 0.15) is 29.8 Å². The van der Waals surface area contributed by atoms with E-state index in [1.807, 2.05) is 0 Å². The number of halogens is 3. The number of benzene rings is 2. The highest BCUT2D eigenvalue weighted by Gasteiger charge is 2.11. The van der Waals surface area contributed by atoms with E-state index in [0.717, 1.165) is 0 Å². The molecule has 0 saturated heterocycles. The van der Waals surface area contributed by atoms with E-state index in [2.05, 4.69) is 5.32 Å². The largest absolute Gasteiger partial charge is 0.488 e. The molecule has 0 aliphatic rings. The molecule has 5 heteroatoms. The van der Waals surface area contributed by atoms with Crippen molar-refractivity contribution in [2.24, 2.45) is 0 Å². The van der Waals surface area contributed by atoms with E-state index in [4.69, 9.17) is 4.74 Å². The lowest BCUT2D eigenvalue weighted by molar-refractivity contribution is 0.288. The maximum absolute atomic E-state index is 13.5. The summed E-state index contributed by atoms with van der Waals surface area (Å²) in [5.74, 6) is -1.33. The average Bonchev–Trinajstić information content (AvgIpc) is 2.40. The Balaban J connectivity index is 2.18. The van der Waals surface area contributed by atoms with Gasteiger partial charge in [0.2, 0.25) is 0 Å². The predicted molar refractivity (Wildman–Crippen MR) is 69.9 cm³/mol. The minimum Gasteiger partial charge on any atom is -0.488 e. The molecule has 2 rings (SSSR count). The molecule has 0 heterocycles. The normalized spacial score (nSPS) is 10.6. The summed E-state index contributed by atoms with van der Waals surface area (Å²) < 4.78 is 45.5. The van der Waals surface area contributed by atoms with Crippen molar-refractivity contribution in [2.45, 2.75) is 13.2 Å². The van der Waals surface area contributed by atoms with E-state index < -0.39 is 11.6 Å². The third-order valence-electron chi connectivity index (χ3n) is 2.82. The molecule has 1 N–H and O–H groups in total. The second kappa shape index (κ2) is 6.43. The third-order valence-corrected chi connectivity index (χ3v) is 2.82. The fourth-order valence-electron chi connectivity index (χ4n) is 1.84. The minimum atomic E-state index is -0.665. The Labute approximate surface area is 115 Å². The van der Waals surface area contributed by atoms with E-state index in [-0.39, 0.29) is 18.0 Å². The van der Waals surface area contributed by atoms with Crippen LogP contribution in [0, 0.1) is 17.5 Å². The van der Waals surface area contributed by atoms with Gasteiger partial charge in [-0.15, -0.1) is 0 Å². The lowest BCUT2D eigenvalue weighted by Crippen LogP contribution is -2.09. The van der Waals surface area contributed by atoms with Crippen LogP contribution in [0.2, 0.25) is 0 Å². The summed E-state index contributed by atoms with van der Waals surface area (Å²) in [5.41, 5.74) is 0.441. The van der Waals surface area contributed by atoms with Gasteiger partial charge in [-0.25, -0.2) is 13.2 Å². The molecule has 0 radical (unpaired) electrons. The van der Waals surface area contributed by atoms with E-state index >= 15 is 0 Å². The summed E-state index contributed by atoms with van der Waals surface area (Å²) in [4.78, 5) is 0. The third kappa shape index (κ3) is 3.30. The van der Waals surface area contributed by atoms with Gasteiger partial charge in [-0.1, -0.05) is 6.07 Å². The Morgan fingerprint density at radius 2 is 1.75 bits per heavy atom. The molecular weight excluding hydrogens is 267 g/mol. The van der Waals surface area contributed by atoms with Crippen molar-refractivity contribution in [2.75, 3.05) is 7.05 Å². The highest BCUT2D eigenvalue weighted by atomic mass is 19.1. The van der Waals surface area contributed by atoms with Crippen LogP contribution in [0.1, 0.15) is 11.1 Å². The topological polar surface area (TPSA) is 21.3 Å². The van der Waals surface area contributed by atoms with Gasteiger partial charge in [0, 0.05) is 12.1 Å². The van der Waals surface area contributed by atoms with Crippen molar-refractivity contribution >= 4 is 0 Å². The Morgan fingerprint density at radius 1 is 1.05 bits per heavy atom. The molecule has 0 aromatic heterocycles. The van der Waals surface area contributed by atoms with Crippen LogP contribution in [0.4, 0.5) is 13.2 Å². The first-order valence-electron chi connectivity index (χ1n) is 6.10. The summed E-state index contributed by atoms with van der Waals surface area (Å²) in [6.07, 6.45) is 0. The van der Waals surface area contributed by atoms with Gasteiger partial charge in [0.15, 0.2) is 0 Å². The second-order valence-corrected chi connectivity index (χ2v) is 4.27. The summed E-state index contributed by atoms with van der Waals surface area (Å²) >= 11 is 0. The van der Waals surface area contributed by atoms with E-state index in [9.17, 15) is 13.2 Å². The van der Waals surface area contributed by atoms with Gasteiger partial charge < -0.3 is 10.1 Å². The zero-order chi connectivity index (χ0) is 14.5. The molecule has 0 unspecified atom stereocenters. The molecule has 2 aromatic carbocycles. The molecule has 0 atom stereocenters. The van der Waals surface area contributed by atoms with Crippen molar-refractivity contribution in [3.05, 3.63) is 65.0 Å². The van der Waals surface area contributed by atoms with Crippen LogP contribution >= 0.6 is 0 Å². The van der Waals surface area contributed by atoms with Crippen LogP contribution in [0.15, 0.2) is 36.4 Å². The highest BCUT2D eigenvalue weighted by Crippen LogP contribution is 2.22. The summed E-state index contributed by atoms with van der Waals surface area (Å²) in [6.45, 7) is 0.147. The SMILES string of the molecule is CNCc1cc(F)ccc1OCc1c(F)cccc1F. The van der Waals surface area contributed by atoms with Crippen LogP contribution in [0.25, 0.3) is 0 Å². The van der Waals surface area contributed by atoms with E-state index in [0.29, 0.717) is 17.9 Å². The van der Waals surface area contributed by atoms with E-state index in [1.165, 1.54) is 36.4 Å². The Morgan fingerprint density at radius 3 is 2.40 bits per heavy atom. The van der Waals surface area contributed by atoms with Crippen LogP contribution in [0.3, 0.4) is 0 Å². The number of ether oxygens (including phenoxy) is 1. The maximum atomic E-state index is 13.5. The Bertz CT molecular complexity index is 581. The van der Waals surface area contributed by atoms with Gasteiger partial charge in [0.05, 0.1) is 5.56 Å². The number of rotatable bonds is 5. The van der Waals surface area contributed by atoms with Gasteiger partial charge in [-0.2, -0.15) is 0 Å². The molecule has 20 heavy (non-hydrogen) atoms. The maximum Gasteiger partial charge on any atom is 0.132 e. The molecule has 106 valence electrons. The van der Waals surface area contributed by atoms with Crippen molar-refractivity contribution in [3.63, 3.8) is 0 Å². The molecule has 0 saturated carbocycles. The first-order valence-corrected chi connectivity index (χ1v) is 6.10. The fourth-order valence-corrected chi connectivity index (χ4v) is 1.84. The van der Waals surface area contributed by atoms with Crippen LogP contribution in [-0.2, 0) is 13.2 Å². The number of hydrogen-bond acceptors (Lipinski definition) is 2. The molecule has 0 aliphatic carbocycles. The van der Waals surface area contributed by atoms with Crippen LogP contribution < -0.4 is 10.1 Å². The molecule has 0 amide bonds. The zero-order valence-corrected chi connectivity index (χ0v) is 10.9. The van der Waals surface area contributed by atoms with Crippen LogP contribution in [-0.4, -0.2) is 7.05 Å². The summed E-state index contributed by atoms with van der Waals surface area (Å²) in [7, 11) is 1.71.